The van der Waals surface area contributed by atoms with Crippen molar-refractivity contribution >= 4 is 0 Å². The Morgan fingerprint density at radius 2 is 1.85 bits per heavy atom. The first-order valence-electron chi connectivity index (χ1n) is 9.91. The number of halogens is 5. The first-order valence-corrected chi connectivity index (χ1v) is 9.91. The van der Waals surface area contributed by atoms with Gasteiger partial charge < -0.3 is 4.74 Å². The summed E-state index contributed by atoms with van der Waals surface area (Å²) < 4.78 is 79.0. The lowest BCUT2D eigenvalue weighted by Gasteiger charge is -2.28. The van der Waals surface area contributed by atoms with Crippen molar-refractivity contribution in [3.63, 3.8) is 0 Å². The van der Waals surface area contributed by atoms with Crippen molar-refractivity contribution in [2.75, 3.05) is 6.61 Å². The molecule has 6 heteroatoms. The van der Waals surface area contributed by atoms with Gasteiger partial charge in [0.1, 0.15) is 18.0 Å². The number of hydrogen-bond acceptors (Lipinski definition) is 1. The molecule has 0 amide bonds. The molecule has 2 aliphatic carbocycles. The van der Waals surface area contributed by atoms with E-state index >= 15 is 8.78 Å². The second-order valence-electron chi connectivity index (χ2n) is 7.92. The highest BCUT2D eigenvalue weighted by Crippen LogP contribution is 2.56. The molecular weight excluding hydrogens is 363 g/mol. The molecule has 152 valence electrons. The zero-order chi connectivity index (χ0) is 19.8. The van der Waals surface area contributed by atoms with Crippen LogP contribution in [0, 0.1) is 23.5 Å². The third-order valence-electron chi connectivity index (χ3n) is 6.38. The lowest BCUT2D eigenvalue weighted by molar-refractivity contribution is 0.0238. The lowest BCUT2D eigenvalue weighted by atomic mass is 9.87. The smallest absolute Gasteiger partial charge is 0.200 e. The summed E-state index contributed by atoms with van der Waals surface area (Å²) in [5.74, 6) is -4.81. The van der Waals surface area contributed by atoms with E-state index in [1.807, 2.05) is 6.92 Å². The van der Waals surface area contributed by atoms with E-state index in [0.717, 1.165) is 6.42 Å². The van der Waals surface area contributed by atoms with Crippen molar-refractivity contribution in [2.24, 2.45) is 11.8 Å². The Morgan fingerprint density at radius 3 is 2.52 bits per heavy atom. The normalized spacial score (nSPS) is 36.3. The van der Waals surface area contributed by atoms with Crippen LogP contribution in [0.4, 0.5) is 22.0 Å². The maximum atomic E-state index is 15.6. The second kappa shape index (κ2) is 7.96. The van der Waals surface area contributed by atoms with Crippen LogP contribution in [0.3, 0.4) is 0 Å². The SMILES string of the molecule is CCCC1CCC2(F)C(CC1F)CC(c1ccc(OCC)c(F)c1F)C2F. The van der Waals surface area contributed by atoms with Gasteiger partial charge in [-0.15, -0.1) is 0 Å². The number of alkyl halides is 3. The Kier molecular flexibility index (Phi) is 6.02. The number of fused-ring (bicyclic) bond motifs is 1. The zero-order valence-electron chi connectivity index (χ0n) is 15.8. The fourth-order valence-electron chi connectivity index (χ4n) is 4.95. The minimum absolute atomic E-state index is 0.0126. The minimum atomic E-state index is -2.18. The van der Waals surface area contributed by atoms with E-state index in [9.17, 15) is 13.2 Å². The Bertz CT molecular complexity index is 666. The van der Waals surface area contributed by atoms with Gasteiger partial charge >= 0.3 is 0 Å². The first kappa shape index (κ1) is 20.4. The van der Waals surface area contributed by atoms with Gasteiger partial charge in [0.25, 0.3) is 0 Å². The Hall–Kier alpha value is -1.33. The summed E-state index contributed by atoms with van der Waals surface area (Å²) in [5.41, 5.74) is -2.37. The second-order valence-corrected chi connectivity index (χ2v) is 7.92. The van der Waals surface area contributed by atoms with Crippen LogP contribution < -0.4 is 4.74 Å². The summed E-state index contributed by atoms with van der Waals surface area (Å²) in [6.07, 6.45) is -1.55. The molecule has 1 nitrogen and oxygen atoms in total. The minimum Gasteiger partial charge on any atom is -0.491 e. The number of ether oxygens (including phenoxy) is 1. The van der Waals surface area contributed by atoms with E-state index in [-0.39, 0.29) is 49.5 Å². The molecule has 0 aliphatic heterocycles. The molecule has 0 heterocycles. The monoisotopic (exact) mass is 390 g/mol. The highest BCUT2D eigenvalue weighted by atomic mass is 19.2. The molecule has 0 radical (unpaired) electrons. The number of hydrogen-bond donors (Lipinski definition) is 0. The van der Waals surface area contributed by atoms with E-state index in [1.165, 1.54) is 12.1 Å². The Labute approximate surface area is 157 Å². The molecule has 6 unspecified atom stereocenters. The molecule has 2 aliphatic rings. The average Bonchev–Trinajstić information content (AvgIpc) is 2.80. The zero-order valence-corrected chi connectivity index (χ0v) is 15.8. The van der Waals surface area contributed by atoms with Crippen molar-refractivity contribution in [3.8, 4) is 5.75 Å². The molecule has 1 aromatic rings. The summed E-state index contributed by atoms with van der Waals surface area (Å²) >= 11 is 0. The van der Waals surface area contributed by atoms with Crippen LogP contribution >= 0.6 is 0 Å². The molecular formula is C21H27F5O. The molecule has 2 saturated carbocycles. The van der Waals surface area contributed by atoms with Crippen molar-refractivity contribution in [1.82, 2.24) is 0 Å². The summed E-state index contributed by atoms with van der Waals surface area (Å²) in [6.45, 7) is 3.75. The fourth-order valence-corrected chi connectivity index (χ4v) is 4.95. The molecule has 6 atom stereocenters. The fraction of sp³-hybridized carbons (Fsp3) is 0.714. The lowest BCUT2D eigenvalue weighted by Crippen LogP contribution is -2.37. The third-order valence-corrected chi connectivity index (χ3v) is 6.38. The third kappa shape index (κ3) is 3.56. The van der Waals surface area contributed by atoms with Crippen molar-refractivity contribution in [3.05, 3.63) is 29.3 Å². The van der Waals surface area contributed by atoms with Gasteiger partial charge in [0.05, 0.1) is 6.61 Å². The summed E-state index contributed by atoms with van der Waals surface area (Å²) in [5, 5.41) is 0. The van der Waals surface area contributed by atoms with Gasteiger partial charge in [-0.1, -0.05) is 19.4 Å². The van der Waals surface area contributed by atoms with Gasteiger partial charge in [0.2, 0.25) is 5.82 Å². The predicted octanol–water partition coefficient (Wildman–Crippen LogP) is 6.45. The predicted molar refractivity (Wildman–Crippen MR) is 94.3 cm³/mol. The van der Waals surface area contributed by atoms with Crippen molar-refractivity contribution in [1.29, 1.82) is 0 Å². The van der Waals surface area contributed by atoms with Gasteiger partial charge in [-0.2, -0.15) is 4.39 Å². The van der Waals surface area contributed by atoms with E-state index in [0.29, 0.717) is 6.42 Å². The Balaban J connectivity index is 1.87. The highest BCUT2D eigenvalue weighted by Gasteiger charge is 2.59. The van der Waals surface area contributed by atoms with E-state index in [1.54, 1.807) is 6.92 Å². The van der Waals surface area contributed by atoms with E-state index < -0.39 is 41.5 Å². The van der Waals surface area contributed by atoms with Crippen LogP contribution in [0.5, 0.6) is 5.75 Å². The van der Waals surface area contributed by atoms with Gasteiger partial charge in [-0.25, -0.2) is 17.6 Å². The molecule has 0 spiro atoms. The van der Waals surface area contributed by atoms with E-state index in [4.69, 9.17) is 4.74 Å². The molecule has 3 rings (SSSR count). The summed E-state index contributed by atoms with van der Waals surface area (Å²) in [7, 11) is 0. The number of rotatable bonds is 5. The standard InChI is InChI=1S/C21H27F5O/c1-3-5-12-8-9-21(26)13(11-16(12)22)10-15(20(21)25)14-6-7-17(27-4-2)19(24)18(14)23/h6-7,12-13,15-16,20H,3-5,8-11H2,1-2H3. The number of benzene rings is 1. The van der Waals surface area contributed by atoms with E-state index in [2.05, 4.69) is 0 Å². The van der Waals surface area contributed by atoms with Crippen LogP contribution in [0.1, 0.15) is 63.9 Å². The average molecular weight is 390 g/mol. The van der Waals surface area contributed by atoms with Crippen LogP contribution in [0.15, 0.2) is 12.1 Å². The van der Waals surface area contributed by atoms with Crippen LogP contribution in [-0.4, -0.2) is 24.6 Å². The summed E-state index contributed by atoms with van der Waals surface area (Å²) in [4.78, 5) is 0. The quantitative estimate of drug-likeness (QED) is 0.525. The van der Waals surface area contributed by atoms with Gasteiger partial charge in [-0.05, 0) is 62.5 Å². The maximum Gasteiger partial charge on any atom is 0.200 e. The topological polar surface area (TPSA) is 9.23 Å². The van der Waals surface area contributed by atoms with Crippen LogP contribution in [0.2, 0.25) is 0 Å². The molecule has 27 heavy (non-hydrogen) atoms. The first-order chi connectivity index (χ1) is 12.8. The van der Waals surface area contributed by atoms with Gasteiger partial charge in [0, 0.05) is 5.92 Å². The van der Waals surface area contributed by atoms with Crippen molar-refractivity contribution in [2.45, 2.75) is 76.3 Å². The van der Waals surface area contributed by atoms with Gasteiger partial charge in [0.15, 0.2) is 11.6 Å². The summed E-state index contributed by atoms with van der Waals surface area (Å²) in [6, 6.07) is 2.51. The van der Waals surface area contributed by atoms with Crippen molar-refractivity contribution < 1.29 is 26.7 Å². The maximum absolute atomic E-state index is 15.6. The molecule has 0 aromatic heterocycles. The highest BCUT2D eigenvalue weighted by molar-refractivity contribution is 5.35. The molecule has 0 bridgehead atoms. The van der Waals surface area contributed by atoms with Crippen LogP contribution in [-0.2, 0) is 0 Å². The molecule has 2 fully saturated rings. The largest absolute Gasteiger partial charge is 0.491 e. The molecule has 1 aromatic carbocycles. The Morgan fingerprint density at radius 1 is 1.11 bits per heavy atom. The molecule has 0 N–H and O–H groups in total. The molecule has 0 saturated heterocycles. The van der Waals surface area contributed by atoms with Gasteiger partial charge in [-0.3, -0.25) is 0 Å². The van der Waals surface area contributed by atoms with Crippen LogP contribution in [0.25, 0.3) is 0 Å².